The summed E-state index contributed by atoms with van der Waals surface area (Å²) in [6.45, 7) is 9.99. The highest BCUT2D eigenvalue weighted by Gasteiger charge is 2.30. The van der Waals surface area contributed by atoms with Crippen LogP contribution in [0.4, 0.5) is 4.79 Å². The van der Waals surface area contributed by atoms with Crippen LogP contribution in [0, 0.1) is 13.8 Å². The first kappa shape index (κ1) is 16.7. The average Bonchev–Trinajstić information content (AvgIpc) is 3.12. The number of nitrogens with zero attached hydrogens (tertiary/aromatic N) is 3. The number of thiazole rings is 1. The van der Waals surface area contributed by atoms with E-state index in [1.165, 1.54) is 0 Å². The number of nitrogens with one attached hydrogen (secondary N) is 1. The first-order valence-corrected chi connectivity index (χ1v) is 9.22. The number of carbonyl (C=O) groups is 1. The predicted molar refractivity (Wildman–Crippen MR) is 90.8 cm³/mol. The van der Waals surface area contributed by atoms with Crippen molar-refractivity contribution in [3.05, 3.63) is 15.6 Å². The fourth-order valence-electron chi connectivity index (χ4n) is 3.37. The topological polar surface area (TPSA) is 57.7 Å². The lowest BCUT2D eigenvalue weighted by molar-refractivity contribution is 0.0292. The molecule has 2 fully saturated rings. The smallest absolute Gasteiger partial charge is 0.317 e. The molecule has 2 aliphatic rings. The Morgan fingerprint density at radius 1 is 1.35 bits per heavy atom. The van der Waals surface area contributed by atoms with Gasteiger partial charge in [-0.1, -0.05) is 0 Å². The first-order valence-electron chi connectivity index (χ1n) is 8.41. The van der Waals surface area contributed by atoms with Gasteiger partial charge in [0.2, 0.25) is 0 Å². The van der Waals surface area contributed by atoms with Gasteiger partial charge < -0.3 is 15.0 Å². The average molecular weight is 338 g/mol. The molecule has 0 bridgehead atoms. The van der Waals surface area contributed by atoms with Crippen LogP contribution in [0.2, 0.25) is 0 Å². The summed E-state index contributed by atoms with van der Waals surface area (Å²) in [5.41, 5.74) is 1.03. The van der Waals surface area contributed by atoms with E-state index in [-0.39, 0.29) is 6.03 Å². The lowest BCUT2D eigenvalue weighted by atomic mass is 10.2. The van der Waals surface area contributed by atoms with E-state index in [0.717, 1.165) is 67.8 Å². The van der Waals surface area contributed by atoms with E-state index >= 15 is 0 Å². The minimum atomic E-state index is 0.0613. The normalized spacial score (nSPS) is 22.5. The van der Waals surface area contributed by atoms with E-state index in [1.54, 1.807) is 11.3 Å². The van der Waals surface area contributed by atoms with E-state index in [9.17, 15) is 4.79 Å². The van der Waals surface area contributed by atoms with E-state index in [0.29, 0.717) is 12.6 Å². The zero-order chi connectivity index (χ0) is 16.2. The fourth-order valence-corrected chi connectivity index (χ4v) is 4.25. The SMILES string of the molecule is Cc1nc(C)c(CNC(=O)N2CCC[C@@H]2CN2CCOCC2)s1. The fraction of sp³-hybridized carbons (Fsp3) is 0.750. The van der Waals surface area contributed by atoms with Gasteiger partial charge in [0.1, 0.15) is 0 Å². The van der Waals surface area contributed by atoms with Crippen molar-refractivity contribution < 1.29 is 9.53 Å². The van der Waals surface area contributed by atoms with Crippen LogP contribution in [0.3, 0.4) is 0 Å². The van der Waals surface area contributed by atoms with Gasteiger partial charge in [0, 0.05) is 37.1 Å². The number of ether oxygens (including phenoxy) is 1. The Labute approximate surface area is 141 Å². The van der Waals surface area contributed by atoms with Gasteiger partial charge in [0.25, 0.3) is 0 Å². The van der Waals surface area contributed by atoms with Gasteiger partial charge >= 0.3 is 6.03 Å². The Bertz CT molecular complexity index is 542. The molecule has 23 heavy (non-hydrogen) atoms. The number of carbonyl (C=O) groups excluding carboxylic acids is 1. The molecule has 0 saturated carbocycles. The molecule has 1 aromatic heterocycles. The van der Waals surface area contributed by atoms with Gasteiger partial charge in [-0.2, -0.15) is 0 Å². The third kappa shape index (κ3) is 4.22. The number of morpholine rings is 1. The summed E-state index contributed by atoms with van der Waals surface area (Å²) in [6, 6.07) is 0.392. The number of likely N-dealkylation sites (tertiary alicyclic amines) is 1. The number of amides is 2. The second-order valence-electron chi connectivity index (χ2n) is 6.30. The second-order valence-corrected chi connectivity index (χ2v) is 7.59. The molecule has 1 N–H and O–H groups in total. The maximum absolute atomic E-state index is 12.5. The number of aromatic nitrogens is 1. The van der Waals surface area contributed by atoms with Crippen LogP contribution in [0.15, 0.2) is 0 Å². The lowest BCUT2D eigenvalue weighted by Crippen LogP contribution is -2.49. The summed E-state index contributed by atoms with van der Waals surface area (Å²) in [5, 5.41) is 4.13. The van der Waals surface area contributed by atoms with Crippen molar-refractivity contribution >= 4 is 17.4 Å². The first-order chi connectivity index (χ1) is 11.1. The Kier molecular flexibility index (Phi) is 5.50. The summed E-state index contributed by atoms with van der Waals surface area (Å²) in [4.78, 5) is 22.5. The molecule has 7 heteroatoms. The highest BCUT2D eigenvalue weighted by molar-refractivity contribution is 7.11. The van der Waals surface area contributed by atoms with Gasteiger partial charge in [0.05, 0.1) is 30.5 Å². The Morgan fingerprint density at radius 3 is 2.83 bits per heavy atom. The molecule has 0 unspecified atom stereocenters. The van der Waals surface area contributed by atoms with E-state index < -0.39 is 0 Å². The molecule has 0 aliphatic carbocycles. The van der Waals surface area contributed by atoms with Crippen LogP contribution >= 0.6 is 11.3 Å². The lowest BCUT2D eigenvalue weighted by Gasteiger charge is -2.32. The summed E-state index contributed by atoms with van der Waals surface area (Å²) in [7, 11) is 0. The van der Waals surface area contributed by atoms with Crippen molar-refractivity contribution in [3.63, 3.8) is 0 Å². The number of rotatable bonds is 4. The third-order valence-corrected chi connectivity index (χ3v) is 5.68. The standard InChI is InChI=1S/C16H26N4O2S/c1-12-15(23-13(2)18-12)10-17-16(21)20-5-3-4-14(20)11-19-6-8-22-9-7-19/h14H,3-11H2,1-2H3,(H,17,21)/t14-/m1/s1. The van der Waals surface area contributed by atoms with Gasteiger partial charge in [-0.15, -0.1) is 11.3 Å². The van der Waals surface area contributed by atoms with Crippen LogP contribution in [-0.4, -0.2) is 66.2 Å². The number of hydrogen-bond donors (Lipinski definition) is 1. The van der Waals surface area contributed by atoms with Crippen LogP contribution in [0.1, 0.15) is 28.4 Å². The third-order valence-electron chi connectivity index (χ3n) is 4.61. The van der Waals surface area contributed by atoms with Crippen LogP contribution < -0.4 is 5.32 Å². The molecular formula is C16H26N4O2S. The maximum Gasteiger partial charge on any atom is 0.317 e. The monoisotopic (exact) mass is 338 g/mol. The molecular weight excluding hydrogens is 312 g/mol. The van der Waals surface area contributed by atoms with Crippen molar-refractivity contribution in [2.24, 2.45) is 0 Å². The molecule has 2 amide bonds. The van der Waals surface area contributed by atoms with Crippen LogP contribution in [-0.2, 0) is 11.3 Å². The van der Waals surface area contributed by atoms with Gasteiger partial charge in [-0.25, -0.2) is 9.78 Å². The van der Waals surface area contributed by atoms with Crippen molar-refractivity contribution in [1.29, 1.82) is 0 Å². The zero-order valence-electron chi connectivity index (χ0n) is 14.0. The van der Waals surface area contributed by atoms with E-state index in [4.69, 9.17) is 4.74 Å². The number of aryl methyl sites for hydroxylation is 2. The van der Waals surface area contributed by atoms with Gasteiger partial charge in [0.15, 0.2) is 0 Å². The highest BCUT2D eigenvalue weighted by atomic mass is 32.1. The Balaban J connectivity index is 1.52. The molecule has 3 rings (SSSR count). The molecule has 0 aromatic carbocycles. The highest BCUT2D eigenvalue weighted by Crippen LogP contribution is 2.20. The predicted octanol–water partition coefficient (Wildman–Crippen LogP) is 1.77. The van der Waals surface area contributed by atoms with Crippen LogP contribution in [0.25, 0.3) is 0 Å². The van der Waals surface area contributed by atoms with Crippen molar-refractivity contribution in [2.75, 3.05) is 39.4 Å². The molecule has 1 aromatic rings. The molecule has 0 radical (unpaired) electrons. The van der Waals surface area contributed by atoms with Gasteiger partial charge in [-0.05, 0) is 26.7 Å². The summed E-state index contributed by atoms with van der Waals surface area (Å²) in [6.07, 6.45) is 2.20. The summed E-state index contributed by atoms with van der Waals surface area (Å²) in [5.74, 6) is 0. The Hall–Kier alpha value is -1.18. The molecule has 2 aliphatic heterocycles. The zero-order valence-corrected chi connectivity index (χ0v) is 14.8. The summed E-state index contributed by atoms with van der Waals surface area (Å²) < 4.78 is 5.40. The Morgan fingerprint density at radius 2 is 2.13 bits per heavy atom. The molecule has 2 saturated heterocycles. The van der Waals surface area contributed by atoms with Crippen molar-refractivity contribution in [3.8, 4) is 0 Å². The quantitative estimate of drug-likeness (QED) is 0.909. The van der Waals surface area contributed by atoms with E-state index in [2.05, 4.69) is 15.2 Å². The molecule has 6 nitrogen and oxygen atoms in total. The minimum absolute atomic E-state index is 0.0613. The molecule has 0 spiro atoms. The summed E-state index contributed by atoms with van der Waals surface area (Å²) >= 11 is 1.66. The maximum atomic E-state index is 12.5. The van der Waals surface area contributed by atoms with E-state index in [1.807, 2.05) is 18.7 Å². The number of hydrogen-bond acceptors (Lipinski definition) is 5. The van der Waals surface area contributed by atoms with Gasteiger partial charge in [-0.3, -0.25) is 4.90 Å². The number of urea groups is 1. The molecule has 128 valence electrons. The van der Waals surface area contributed by atoms with Crippen LogP contribution in [0.5, 0.6) is 0 Å². The van der Waals surface area contributed by atoms with Crippen molar-refractivity contribution in [1.82, 2.24) is 20.1 Å². The molecule has 3 heterocycles. The largest absolute Gasteiger partial charge is 0.379 e. The minimum Gasteiger partial charge on any atom is -0.379 e. The molecule has 1 atom stereocenters. The van der Waals surface area contributed by atoms with Crippen molar-refractivity contribution in [2.45, 2.75) is 39.3 Å². The second kappa shape index (κ2) is 7.59.